The number of carbonyl (C=O) groups is 1. The summed E-state index contributed by atoms with van der Waals surface area (Å²) in [5.74, 6) is 1.37. The summed E-state index contributed by atoms with van der Waals surface area (Å²) in [7, 11) is 3.58. The van der Waals surface area contributed by atoms with Crippen LogP contribution in [0.25, 0.3) is 11.1 Å². The molecule has 0 radical (unpaired) electrons. The molecule has 0 aromatic heterocycles. The van der Waals surface area contributed by atoms with Crippen LogP contribution in [0.5, 0.6) is 5.75 Å². The SMILES string of the molecule is COc1ccccc1-c1ccc(C(C)N(C)C(=O)C[C@@H]2CCC[C@H]2N)cc1.Cl. The first-order valence-corrected chi connectivity index (χ1v) is 9.76. The molecule has 2 aromatic rings. The van der Waals surface area contributed by atoms with Gasteiger partial charge in [-0.3, -0.25) is 4.79 Å². The van der Waals surface area contributed by atoms with E-state index >= 15 is 0 Å². The summed E-state index contributed by atoms with van der Waals surface area (Å²) in [6, 6.07) is 16.6. The van der Waals surface area contributed by atoms with E-state index in [4.69, 9.17) is 10.5 Å². The molecule has 1 aliphatic carbocycles. The smallest absolute Gasteiger partial charge is 0.223 e. The number of amides is 1. The van der Waals surface area contributed by atoms with Crippen LogP contribution in [0.3, 0.4) is 0 Å². The summed E-state index contributed by atoms with van der Waals surface area (Å²) < 4.78 is 5.46. The van der Waals surface area contributed by atoms with E-state index in [9.17, 15) is 4.79 Å². The van der Waals surface area contributed by atoms with Gasteiger partial charge in [0.15, 0.2) is 0 Å². The third-order valence-corrected chi connectivity index (χ3v) is 5.94. The monoisotopic (exact) mass is 402 g/mol. The Hall–Kier alpha value is -2.04. The van der Waals surface area contributed by atoms with Gasteiger partial charge in [-0.1, -0.05) is 48.9 Å². The molecule has 3 rings (SSSR count). The molecule has 0 spiro atoms. The first kappa shape index (κ1) is 22.3. The van der Waals surface area contributed by atoms with Crippen molar-refractivity contribution in [3.63, 3.8) is 0 Å². The molecule has 152 valence electrons. The lowest BCUT2D eigenvalue weighted by Gasteiger charge is -2.27. The summed E-state index contributed by atoms with van der Waals surface area (Å²) in [5.41, 5.74) is 9.43. The van der Waals surface area contributed by atoms with Crippen molar-refractivity contribution in [3.05, 3.63) is 54.1 Å². The van der Waals surface area contributed by atoms with Crippen molar-refractivity contribution in [3.8, 4) is 16.9 Å². The molecule has 0 saturated heterocycles. The number of halogens is 1. The number of hydrogen-bond donors (Lipinski definition) is 1. The fraction of sp³-hybridized carbons (Fsp3) is 0.435. The van der Waals surface area contributed by atoms with Crippen molar-refractivity contribution in [1.82, 2.24) is 4.90 Å². The second-order valence-electron chi connectivity index (χ2n) is 7.56. The average molecular weight is 403 g/mol. The van der Waals surface area contributed by atoms with Gasteiger partial charge in [0, 0.05) is 25.1 Å². The Kier molecular flexibility index (Phi) is 7.90. The standard InChI is InChI=1S/C23H30N2O2.ClH/c1-16(25(2)23(26)15-19-7-6-9-21(19)24)17-11-13-18(14-12-17)20-8-4-5-10-22(20)27-3;/h4-5,8,10-14,16,19,21H,6-7,9,15,24H2,1-3H3;1H/t16?,19-,21+;/m0./s1. The average Bonchev–Trinajstić information content (AvgIpc) is 3.11. The molecule has 2 N–H and O–H groups in total. The van der Waals surface area contributed by atoms with Crippen molar-refractivity contribution in [1.29, 1.82) is 0 Å². The molecule has 1 fully saturated rings. The Morgan fingerprint density at radius 3 is 2.46 bits per heavy atom. The highest BCUT2D eigenvalue weighted by Crippen LogP contribution is 2.32. The molecule has 2 aromatic carbocycles. The first-order valence-electron chi connectivity index (χ1n) is 9.76. The lowest BCUT2D eigenvalue weighted by Crippen LogP contribution is -2.34. The van der Waals surface area contributed by atoms with Gasteiger partial charge >= 0.3 is 0 Å². The zero-order valence-electron chi connectivity index (χ0n) is 16.9. The maximum atomic E-state index is 12.7. The Morgan fingerprint density at radius 2 is 1.86 bits per heavy atom. The zero-order chi connectivity index (χ0) is 19.4. The van der Waals surface area contributed by atoms with Crippen LogP contribution in [0.15, 0.2) is 48.5 Å². The van der Waals surface area contributed by atoms with E-state index in [1.807, 2.05) is 30.1 Å². The second kappa shape index (κ2) is 9.94. The number of nitrogens with two attached hydrogens (primary N) is 1. The van der Waals surface area contributed by atoms with E-state index in [1.54, 1.807) is 7.11 Å². The largest absolute Gasteiger partial charge is 0.496 e. The lowest BCUT2D eigenvalue weighted by atomic mass is 9.97. The molecule has 1 aliphatic rings. The Labute approximate surface area is 174 Å². The molecule has 3 atom stereocenters. The summed E-state index contributed by atoms with van der Waals surface area (Å²) >= 11 is 0. The summed E-state index contributed by atoms with van der Waals surface area (Å²) in [6.45, 7) is 2.07. The Morgan fingerprint density at radius 1 is 1.18 bits per heavy atom. The lowest BCUT2D eigenvalue weighted by molar-refractivity contribution is -0.132. The minimum absolute atomic E-state index is 0. The number of hydrogen-bond acceptors (Lipinski definition) is 3. The summed E-state index contributed by atoms with van der Waals surface area (Å²) in [4.78, 5) is 14.5. The number of nitrogens with zero attached hydrogens (tertiary/aromatic N) is 1. The van der Waals surface area contributed by atoms with Gasteiger partial charge in [0.1, 0.15) is 5.75 Å². The van der Waals surface area contributed by atoms with Crippen molar-refractivity contribution >= 4 is 18.3 Å². The van der Waals surface area contributed by atoms with Gasteiger partial charge in [-0.05, 0) is 42.9 Å². The molecule has 1 amide bonds. The van der Waals surface area contributed by atoms with Crippen molar-refractivity contribution in [2.45, 2.75) is 44.7 Å². The topological polar surface area (TPSA) is 55.6 Å². The highest BCUT2D eigenvalue weighted by atomic mass is 35.5. The van der Waals surface area contributed by atoms with E-state index in [0.717, 1.165) is 41.7 Å². The van der Waals surface area contributed by atoms with E-state index < -0.39 is 0 Å². The molecular weight excluding hydrogens is 372 g/mol. The van der Waals surface area contributed by atoms with Gasteiger partial charge in [0.25, 0.3) is 0 Å². The third-order valence-electron chi connectivity index (χ3n) is 5.94. The quantitative estimate of drug-likeness (QED) is 0.753. The van der Waals surface area contributed by atoms with Crippen LogP contribution in [-0.4, -0.2) is 31.0 Å². The van der Waals surface area contributed by atoms with Crippen LogP contribution in [-0.2, 0) is 4.79 Å². The third kappa shape index (κ3) is 4.86. The van der Waals surface area contributed by atoms with Gasteiger partial charge in [-0.15, -0.1) is 12.4 Å². The van der Waals surface area contributed by atoms with E-state index in [0.29, 0.717) is 12.3 Å². The fourth-order valence-corrected chi connectivity index (χ4v) is 3.95. The van der Waals surface area contributed by atoms with Gasteiger partial charge in [0.05, 0.1) is 13.2 Å². The number of ether oxygens (including phenoxy) is 1. The van der Waals surface area contributed by atoms with E-state index in [-0.39, 0.29) is 30.4 Å². The molecule has 28 heavy (non-hydrogen) atoms. The van der Waals surface area contributed by atoms with Crippen molar-refractivity contribution in [2.75, 3.05) is 14.2 Å². The van der Waals surface area contributed by atoms with Crippen LogP contribution in [0.2, 0.25) is 0 Å². The molecule has 5 heteroatoms. The van der Waals surface area contributed by atoms with E-state index in [1.165, 1.54) is 0 Å². The van der Waals surface area contributed by atoms with Gasteiger partial charge < -0.3 is 15.4 Å². The molecule has 1 unspecified atom stereocenters. The predicted molar refractivity (Wildman–Crippen MR) is 117 cm³/mol. The fourth-order valence-electron chi connectivity index (χ4n) is 3.95. The minimum atomic E-state index is 0. The van der Waals surface area contributed by atoms with Gasteiger partial charge in [0.2, 0.25) is 5.91 Å². The van der Waals surface area contributed by atoms with Crippen LogP contribution >= 0.6 is 12.4 Å². The normalized spacial score (nSPS) is 19.6. The predicted octanol–water partition coefficient (Wildman–Crippen LogP) is 4.82. The molecule has 1 saturated carbocycles. The van der Waals surface area contributed by atoms with Crippen LogP contribution in [0.4, 0.5) is 0 Å². The number of benzene rings is 2. The van der Waals surface area contributed by atoms with Crippen molar-refractivity contribution < 1.29 is 9.53 Å². The van der Waals surface area contributed by atoms with Crippen LogP contribution in [0.1, 0.15) is 44.2 Å². The number of rotatable bonds is 6. The van der Waals surface area contributed by atoms with Gasteiger partial charge in [-0.25, -0.2) is 0 Å². The minimum Gasteiger partial charge on any atom is -0.496 e. The number of carbonyl (C=O) groups excluding carboxylic acids is 1. The zero-order valence-corrected chi connectivity index (χ0v) is 17.7. The number of methoxy groups -OCH3 is 1. The first-order chi connectivity index (χ1) is 13.0. The Bertz CT molecular complexity index is 778. The van der Waals surface area contributed by atoms with E-state index in [2.05, 4.69) is 37.3 Å². The molecule has 0 heterocycles. The highest BCUT2D eigenvalue weighted by Gasteiger charge is 2.28. The number of para-hydroxylation sites is 1. The van der Waals surface area contributed by atoms with Crippen LogP contribution in [0, 0.1) is 5.92 Å². The second-order valence-corrected chi connectivity index (χ2v) is 7.56. The Balaban J connectivity index is 0.00000280. The summed E-state index contributed by atoms with van der Waals surface area (Å²) in [6.07, 6.45) is 3.81. The molecule has 4 nitrogen and oxygen atoms in total. The molecular formula is C23H31ClN2O2. The van der Waals surface area contributed by atoms with Crippen molar-refractivity contribution in [2.24, 2.45) is 11.7 Å². The van der Waals surface area contributed by atoms with Crippen LogP contribution < -0.4 is 10.5 Å². The van der Waals surface area contributed by atoms with Gasteiger partial charge in [-0.2, -0.15) is 0 Å². The maximum absolute atomic E-state index is 12.7. The highest BCUT2D eigenvalue weighted by molar-refractivity contribution is 5.85. The maximum Gasteiger partial charge on any atom is 0.223 e. The molecule has 0 aliphatic heterocycles. The molecule has 0 bridgehead atoms. The summed E-state index contributed by atoms with van der Waals surface area (Å²) in [5, 5.41) is 0.